The van der Waals surface area contributed by atoms with Gasteiger partial charge in [-0.1, -0.05) is 19.1 Å². The van der Waals surface area contributed by atoms with Gasteiger partial charge in [-0.05, 0) is 36.4 Å². The largest absolute Gasteiger partial charge is 0.465 e. The van der Waals surface area contributed by atoms with Gasteiger partial charge in [-0.2, -0.15) is 13.2 Å². The van der Waals surface area contributed by atoms with Crippen LogP contribution in [0.1, 0.15) is 18.1 Å². The highest BCUT2D eigenvalue weighted by molar-refractivity contribution is 6.05. The lowest BCUT2D eigenvalue weighted by molar-refractivity contribution is -0.139. The molecule has 0 radical (unpaired) electrons. The molecule has 0 spiro atoms. The number of anilines is 1. The van der Waals surface area contributed by atoms with Gasteiger partial charge in [-0.15, -0.1) is 0 Å². The highest BCUT2D eigenvalue weighted by atomic mass is 19.4. The molecule has 1 saturated heterocycles. The first-order chi connectivity index (χ1) is 16.2. The van der Waals surface area contributed by atoms with Gasteiger partial charge in [0.1, 0.15) is 5.70 Å². The Kier molecular flexibility index (Phi) is 8.16. The van der Waals surface area contributed by atoms with Crippen LogP contribution in [0.4, 0.5) is 18.9 Å². The van der Waals surface area contributed by atoms with Crippen LogP contribution in [0.15, 0.2) is 53.9 Å². The highest BCUT2D eigenvalue weighted by Crippen LogP contribution is 2.37. The number of halogens is 3. The molecule has 0 atom stereocenters. The number of alkyl halides is 3. The lowest BCUT2D eigenvalue weighted by Crippen LogP contribution is -2.45. The minimum absolute atomic E-state index is 0.0635. The Labute approximate surface area is 196 Å². The van der Waals surface area contributed by atoms with Crippen LogP contribution >= 0.6 is 0 Å². The van der Waals surface area contributed by atoms with Gasteiger partial charge in [0.25, 0.3) is 0 Å². The summed E-state index contributed by atoms with van der Waals surface area (Å²) in [5.41, 5.74) is -0.956. The Morgan fingerprint density at radius 1 is 0.971 bits per heavy atom. The first-order valence-corrected chi connectivity index (χ1v) is 10.9. The van der Waals surface area contributed by atoms with Crippen LogP contribution in [0.2, 0.25) is 0 Å². The summed E-state index contributed by atoms with van der Waals surface area (Å²) in [6, 6.07) is 3.91. The van der Waals surface area contributed by atoms with E-state index in [2.05, 4.69) is 11.8 Å². The van der Waals surface area contributed by atoms with Gasteiger partial charge in [0.15, 0.2) is 0 Å². The Morgan fingerprint density at radius 2 is 1.62 bits per heavy atom. The summed E-state index contributed by atoms with van der Waals surface area (Å²) in [5, 5.41) is 0. The van der Waals surface area contributed by atoms with Gasteiger partial charge < -0.3 is 19.3 Å². The average molecular weight is 479 g/mol. The molecule has 184 valence electrons. The lowest BCUT2D eigenvalue weighted by Gasteiger charge is -2.34. The second kappa shape index (κ2) is 10.9. The average Bonchev–Trinajstić information content (AvgIpc) is 3.06. The van der Waals surface area contributed by atoms with Gasteiger partial charge in [0.05, 0.1) is 25.4 Å². The Balaban J connectivity index is 2.02. The molecule has 0 aromatic heterocycles. The number of esters is 2. The summed E-state index contributed by atoms with van der Waals surface area (Å²) in [6.07, 6.45) is 1.14. The van der Waals surface area contributed by atoms with Crippen molar-refractivity contribution in [3.05, 3.63) is 65.0 Å². The number of hydrogen-bond donors (Lipinski definition) is 0. The molecule has 0 unspecified atom stereocenters. The van der Waals surface area contributed by atoms with Crippen LogP contribution in [0.25, 0.3) is 0 Å². The summed E-state index contributed by atoms with van der Waals surface area (Å²) in [5.74, 6) is -1.70. The molecule has 0 amide bonds. The number of piperazine rings is 1. The van der Waals surface area contributed by atoms with Crippen molar-refractivity contribution in [3.8, 4) is 0 Å². The van der Waals surface area contributed by atoms with Crippen molar-refractivity contribution in [2.45, 2.75) is 19.6 Å². The first kappa shape index (κ1) is 25.5. The fourth-order valence-corrected chi connectivity index (χ4v) is 3.99. The fraction of sp³-hybridized carbons (Fsp3) is 0.417. The van der Waals surface area contributed by atoms with Crippen molar-refractivity contribution in [1.82, 2.24) is 9.80 Å². The maximum Gasteiger partial charge on any atom is 0.416 e. The van der Waals surface area contributed by atoms with Crippen LogP contribution < -0.4 is 4.90 Å². The summed E-state index contributed by atoms with van der Waals surface area (Å²) >= 11 is 0. The van der Waals surface area contributed by atoms with E-state index in [1.807, 2.05) is 4.90 Å². The molecule has 3 rings (SSSR count). The summed E-state index contributed by atoms with van der Waals surface area (Å²) in [6.45, 7) is 6.13. The molecule has 2 aliphatic heterocycles. The van der Waals surface area contributed by atoms with Gasteiger partial charge in [0, 0.05) is 44.6 Å². The third-order valence-electron chi connectivity index (χ3n) is 5.87. The number of ether oxygens (including phenoxy) is 2. The highest BCUT2D eigenvalue weighted by Gasteiger charge is 2.36. The minimum atomic E-state index is -4.61. The zero-order chi connectivity index (χ0) is 24.9. The van der Waals surface area contributed by atoms with Gasteiger partial charge >= 0.3 is 18.1 Å². The van der Waals surface area contributed by atoms with Crippen LogP contribution in [-0.2, 0) is 31.8 Å². The molecule has 7 nitrogen and oxygen atoms in total. The molecule has 2 aliphatic rings. The smallest absolute Gasteiger partial charge is 0.416 e. The van der Waals surface area contributed by atoms with E-state index in [0.29, 0.717) is 13.1 Å². The fourth-order valence-electron chi connectivity index (χ4n) is 3.99. The summed E-state index contributed by atoms with van der Waals surface area (Å²) in [4.78, 5) is 30.3. The summed E-state index contributed by atoms with van der Waals surface area (Å²) in [7, 11) is 2.28. The van der Waals surface area contributed by atoms with Crippen LogP contribution in [-0.4, -0.2) is 68.7 Å². The van der Waals surface area contributed by atoms with Crippen molar-refractivity contribution >= 4 is 17.6 Å². The topological polar surface area (TPSA) is 62.3 Å². The number of nitrogens with zero attached hydrogens (tertiary/aromatic N) is 3. The third kappa shape index (κ3) is 5.68. The van der Waals surface area contributed by atoms with Crippen LogP contribution in [0.3, 0.4) is 0 Å². The Morgan fingerprint density at radius 3 is 2.21 bits per heavy atom. The third-order valence-corrected chi connectivity index (χ3v) is 5.87. The predicted molar refractivity (Wildman–Crippen MR) is 121 cm³/mol. The van der Waals surface area contributed by atoms with Gasteiger partial charge in [-0.25, -0.2) is 9.59 Å². The number of carbonyl (C=O) groups excluding carboxylic acids is 2. The van der Waals surface area contributed by atoms with Crippen molar-refractivity contribution < 1.29 is 32.2 Å². The van der Waals surface area contributed by atoms with Crippen LogP contribution in [0.5, 0.6) is 0 Å². The second-order valence-electron chi connectivity index (χ2n) is 7.87. The number of methoxy groups -OCH3 is 2. The van der Waals surface area contributed by atoms with Gasteiger partial charge in [0.2, 0.25) is 0 Å². The van der Waals surface area contributed by atoms with Crippen molar-refractivity contribution in [1.29, 1.82) is 0 Å². The van der Waals surface area contributed by atoms with Crippen molar-refractivity contribution in [3.63, 3.8) is 0 Å². The first-order valence-electron chi connectivity index (χ1n) is 10.9. The Bertz CT molecular complexity index is 1010. The van der Waals surface area contributed by atoms with E-state index >= 15 is 0 Å². The zero-order valence-electron chi connectivity index (χ0n) is 19.4. The van der Waals surface area contributed by atoms with E-state index in [1.54, 1.807) is 0 Å². The molecular formula is C24H28F3N3O4. The number of benzene rings is 1. The molecule has 1 fully saturated rings. The molecule has 0 saturated carbocycles. The number of likely N-dealkylation sites (N-methyl/N-ethyl adjacent to an activating group) is 1. The minimum Gasteiger partial charge on any atom is -0.465 e. The SMILES string of the molecule is CCN1CCN(Cc2ccc(N3C=CC=CC(C(=O)OC)=C3C(=O)OC)cc2C(F)(F)F)CC1. The monoisotopic (exact) mass is 479 g/mol. The van der Waals surface area contributed by atoms with Gasteiger partial charge in [-0.3, -0.25) is 4.90 Å². The standard InChI is InChI=1S/C24H28F3N3O4/c1-4-28-11-13-29(14-12-28)16-17-8-9-18(15-20(17)24(25,26)27)30-10-6-5-7-19(22(31)33-2)21(30)23(32)34-3/h5-10,15H,4,11-14,16H2,1-3H3. The van der Waals surface area contributed by atoms with E-state index < -0.39 is 23.7 Å². The molecule has 0 bridgehead atoms. The zero-order valence-corrected chi connectivity index (χ0v) is 19.4. The van der Waals surface area contributed by atoms with E-state index in [-0.39, 0.29) is 29.1 Å². The van der Waals surface area contributed by atoms with E-state index in [4.69, 9.17) is 9.47 Å². The van der Waals surface area contributed by atoms with E-state index in [1.165, 1.54) is 41.5 Å². The normalized spacial score (nSPS) is 17.6. The maximum absolute atomic E-state index is 14.1. The quantitative estimate of drug-likeness (QED) is 0.580. The van der Waals surface area contributed by atoms with Crippen molar-refractivity contribution in [2.24, 2.45) is 0 Å². The predicted octanol–water partition coefficient (Wildman–Crippen LogP) is 3.33. The molecular weight excluding hydrogens is 451 g/mol. The number of carbonyl (C=O) groups is 2. The Hall–Kier alpha value is -3.11. The molecule has 2 heterocycles. The lowest BCUT2D eigenvalue weighted by atomic mass is 10.0. The number of allylic oxidation sites excluding steroid dienone is 2. The summed E-state index contributed by atoms with van der Waals surface area (Å²) < 4.78 is 51.8. The second-order valence-corrected chi connectivity index (χ2v) is 7.87. The van der Waals surface area contributed by atoms with E-state index in [9.17, 15) is 22.8 Å². The molecule has 10 heteroatoms. The molecule has 34 heavy (non-hydrogen) atoms. The molecule has 1 aromatic carbocycles. The van der Waals surface area contributed by atoms with Crippen molar-refractivity contribution in [2.75, 3.05) is 51.8 Å². The van der Waals surface area contributed by atoms with E-state index in [0.717, 1.165) is 39.9 Å². The van der Waals surface area contributed by atoms with Crippen LogP contribution in [0, 0.1) is 0 Å². The molecule has 0 aliphatic carbocycles. The number of rotatable bonds is 6. The number of hydrogen-bond acceptors (Lipinski definition) is 7. The molecule has 1 aromatic rings. The maximum atomic E-state index is 14.1. The molecule has 0 N–H and O–H groups in total.